The minimum absolute atomic E-state index is 0.0247. The Kier molecular flexibility index (Phi) is 4.84. The number of carbonyl (C=O) groups is 1. The molecule has 0 fully saturated rings. The van der Waals surface area contributed by atoms with E-state index in [1.54, 1.807) is 13.0 Å². The van der Waals surface area contributed by atoms with Gasteiger partial charge in [0.2, 0.25) is 5.91 Å². The molecule has 0 bridgehead atoms. The van der Waals surface area contributed by atoms with Gasteiger partial charge in [0.25, 0.3) is 0 Å². The highest BCUT2D eigenvalue weighted by atomic mass is 16.4. The molecular formula is C23H22N2O4. The minimum atomic E-state index is -0.556. The number of H-pyrrole nitrogens is 1. The lowest BCUT2D eigenvalue weighted by Crippen LogP contribution is -2.36. The Morgan fingerprint density at radius 2 is 2.00 bits per heavy atom. The van der Waals surface area contributed by atoms with Crippen LogP contribution in [0.15, 0.2) is 57.9 Å². The van der Waals surface area contributed by atoms with Gasteiger partial charge in [-0.15, -0.1) is 0 Å². The zero-order chi connectivity index (χ0) is 20.5. The van der Waals surface area contributed by atoms with Gasteiger partial charge in [-0.05, 0) is 49.6 Å². The Morgan fingerprint density at radius 1 is 1.21 bits per heavy atom. The van der Waals surface area contributed by atoms with Crippen molar-refractivity contribution < 1.29 is 14.3 Å². The highest BCUT2D eigenvalue weighted by molar-refractivity contribution is 5.86. The summed E-state index contributed by atoms with van der Waals surface area (Å²) in [7, 11) is 0. The Morgan fingerprint density at radius 3 is 2.83 bits per heavy atom. The summed E-state index contributed by atoms with van der Waals surface area (Å²) in [4.78, 5) is 28.2. The molecule has 0 unspecified atom stereocenters. The zero-order valence-corrected chi connectivity index (χ0v) is 16.3. The van der Waals surface area contributed by atoms with Crippen molar-refractivity contribution in [3.05, 3.63) is 75.8 Å². The number of nitrogens with one attached hydrogen (secondary N) is 2. The molecule has 2 aromatic heterocycles. The first kappa shape index (κ1) is 18.8. The SMILES string of the molecule is Cc1c(CC(=O)N[C@H](C)Cc2c[nH]c3ccccc23)c(=O)oc2cc(O)ccc12. The molecular weight excluding hydrogens is 368 g/mol. The number of para-hydroxylation sites is 1. The molecule has 4 aromatic rings. The van der Waals surface area contributed by atoms with Crippen LogP contribution < -0.4 is 10.9 Å². The quantitative estimate of drug-likeness (QED) is 0.454. The fourth-order valence-electron chi connectivity index (χ4n) is 3.75. The number of benzene rings is 2. The van der Waals surface area contributed by atoms with Crippen LogP contribution in [0.5, 0.6) is 5.75 Å². The van der Waals surface area contributed by atoms with E-state index in [-0.39, 0.29) is 24.1 Å². The number of phenols is 1. The average molecular weight is 390 g/mol. The van der Waals surface area contributed by atoms with Gasteiger partial charge in [-0.25, -0.2) is 4.79 Å². The largest absolute Gasteiger partial charge is 0.508 e. The molecule has 0 aliphatic heterocycles. The van der Waals surface area contributed by atoms with Gasteiger partial charge in [0.05, 0.1) is 12.0 Å². The maximum absolute atomic E-state index is 12.6. The van der Waals surface area contributed by atoms with Crippen LogP contribution in [0.3, 0.4) is 0 Å². The summed E-state index contributed by atoms with van der Waals surface area (Å²) in [5, 5.41) is 14.4. The van der Waals surface area contributed by atoms with Crippen molar-refractivity contribution in [2.45, 2.75) is 32.7 Å². The normalized spacial score (nSPS) is 12.3. The van der Waals surface area contributed by atoms with E-state index in [2.05, 4.69) is 16.4 Å². The number of aromatic nitrogens is 1. The first-order chi connectivity index (χ1) is 13.9. The van der Waals surface area contributed by atoms with Crippen molar-refractivity contribution >= 4 is 27.8 Å². The highest BCUT2D eigenvalue weighted by Gasteiger charge is 2.17. The second kappa shape index (κ2) is 7.47. The summed E-state index contributed by atoms with van der Waals surface area (Å²) in [6, 6.07) is 12.6. The molecule has 0 saturated carbocycles. The van der Waals surface area contributed by atoms with Gasteiger partial charge in [0, 0.05) is 34.6 Å². The lowest BCUT2D eigenvalue weighted by atomic mass is 10.0. The molecule has 0 saturated heterocycles. The van der Waals surface area contributed by atoms with E-state index in [4.69, 9.17) is 4.42 Å². The molecule has 29 heavy (non-hydrogen) atoms. The summed E-state index contributed by atoms with van der Waals surface area (Å²) in [5.41, 5.74) is 2.98. The van der Waals surface area contributed by atoms with Gasteiger partial charge in [-0.3, -0.25) is 4.79 Å². The summed E-state index contributed by atoms with van der Waals surface area (Å²) in [6.07, 6.45) is 2.59. The Labute approximate surface area is 167 Å². The van der Waals surface area contributed by atoms with Crippen LogP contribution in [0, 0.1) is 6.92 Å². The van der Waals surface area contributed by atoms with Crippen LogP contribution in [0.1, 0.15) is 23.6 Å². The number of aromatic amines is 1. The molecule has 0 radical (unpaired) electrons. The average Bonchev–Trinajstić information content (AvgIpc) is 3.07. The van der Waals surface area contributed by atoms with Crippen molar-refractivity contribution in [3.63, 3.8) is 0 Å². The van der Waals surface area contributed by atoms with E-state index in [9.17, 15) is 14.7 Å². The third-order valence-corrected chi connectivity index (χ3v) is 5.22. The number of aromatic hydroxyl groups is 1. The summed E-state index contributed by atoms with van der Waals surface area (Å²) in [6.45, 7) is 3.73. The van der Waals surface area contributed by atoms with E-state index in [0.717, 1.165) is 16.5 Å². The fraction of sp³-hybridized carbons (Fsp3) is 0.217. The smallest absolute Gasteiger partial charge is 0.340 e. The molecule has 0 spiro atoms. The Bertz CT molecular complexity index is 1270. The lowest BCUT2D eigenvalue weighted by Gasteiger charge is -2.14. The van der Waals surface area contributed by atoms with Gasteiger partial charge in [-0.1, -0.05) is 18.2 Å². The number of phenolic OH excluding ortho intramolecular Hbond substituents is 1. The molecule has 1 atom stereocenters. The van der Waals surface area contributed by atoms with Gasteiger partial charge in [-0.2, -0.15) is 0 Å². The zero-order valence-electron chi connectivity index (χ0n) is 16.3. The topological polar surface area (TPSA) is 95.3 Å². The number of hydrogen-bond acceptors (Lipinski definition) is 4. The van der Waals surface area contributed by atoms with E-state index in [1.807, 2.05) is 31.3 Å². The standard InChI is InChI=1S/C23H22N2O4/c1-13(9-15-12-24-20-6-4-3-5-18(15)20)25-22(27)11-19-14(2)17-8-7-16(26)10-21(17)29-23(19)28/h3-8,10,12-13,24,26H,9,11H2,1-2H3,(H,25,27)/t13-/m1/s1. The Balaban J connectivity index is 1.49. The second-order valence-corrected chi connectivity index (χ2v) is 7.38. The van der Waals surface area contributed by atoms with E-state index in [0.29, 0.717) is 28.5 Å². The number of aryl methyl sites for hydroxylation is 1. The second-order valence-electron chi connectivity index (χ2n) is 7.38. The molecule has 3 N–H and O–H groups in total. The molecule has 1 amide bonds. The van der Waals surface area contributed by atoms with Crippen molar-refractivity contribution in [3.8, 4) is 5.75 Å². The summed E-state index contributed by atoms with van der Waals surface area (Å²) in [5.74, 6) is -0.206. The number of hydrogen-bond donors (Lipinski definition) is 3. The maximum atomic E-state index is 12.6. The monoisotopic (exact) mass is 390 g/mol. The molecule has 6 nitrogen and oxygen atoms in total. The fourth-order valence-corrected chi connectivity index (χ4v) is 3.75. The van der Waals surface area contributed by atoms with Crippen LogP contribution >= 0.6 is 0 Å². The summed E-state index contributed by atoms with van der Waals surface area (Å²) >= 11 is 0. The predicted molar refractivity (Wildman–Crippen MR) is 112 cm³/mol. The van der Waals surface area contributed by atoms with Crippen LogP contribution in [-0.4, -0.2) is 22.0 Å². The van der Waals surface area contributed by atoms with Crippen LogP contribution in [0.25, 0.3) is 21.9 Å². The molecule has 2 heterocycles. The maximum Gasteiger partial charge on any atom is 0.340 e. The van der Waals surface area contributed by atoms with Crippen LogP contribution in [0.4, 0.5) is 0 Å². The molecule has 0 aliphatic rings. The molecule has 148 valence electrons. The summed E-state index contributed by atoms with van der Waals surface area (Å²) < 4.78 is 5.29. The third-order valence-electron chi connectivity index (χ3n) is 5.22. The molecule has 6 heteroatoms. The Hall–Kier alpha value is -3.54. The molecule has 4 rings (SSSR count). The van der Waals surface area contributed by atoms with Crippen molar-refractivity contribution in [2.24, 2.45) is 0 Å². The van der Waals surface area contributed by atoms with Crippen LogP contribution in [-0.2, 0) is 17.6 Å². The van der Waals surface area contributed by atoms with Gasteiger partial charge >= 0.3 is 5.63 Å². The number of rotatable bonds is 5. The van der Waals surface area contributed by atoms with Crippen molar-refractivity contribution in [2.75, 3.05) is 0 Å². The molecule has 2 aromatic carbocycles. The lowest BCUT2D eigenvalue weighted by molar-refractivity contribution is -0.121. The van der Waals surface area contributed by atoms with E-state index >= 15 is 0 Å². The number of carbonyl (C=O) groups excluding carboxylic acids is 1. The number of amides is 1. The minimum Gasteiger partial charge on any atom is -0.508 e. The molecule has 0 aliphatic carbocycles. The van der Waals surface area contributed by atoms with Crippen LogP contribution in [0.2, 0.25) is 0 Å². The first-order valence-corrected chi connectivity index (χ1v) is 9.52. The highest BCUT2D eigenvalue weighted by Crippen LogP contribution is 2.23. The van der Waals surface area contributed by atoms with E-state index < -0.39 is 5.63 Å². The van der Waals surface area contributed by atoms with Crippen molar-refractivity contribution in [1.82, 2.24) is 10.3 Å². The van der Waals surface area contributed by atoms with E-state index in [1.165, 1.54) is 12.1 Å². The van der Waals surface area contributed by atoms with Gasteiger partial charge in [0.1, 0.15) is 11.3 Å². The third kappa shape index (κ3) is 3.74. The number of fused-ring (bicyclic) bond motifs is 2. The predicted octanol–water partition coefficient (Wildman–Crippen LogP) is 3.58. The van der Waals surface area contributed by atoms with Crippen molar-refractivity contribution in [1.29, 1.82) is 0 Å². The van der Waals surface area contributed by atoms with Gasteiger partial charge in [0.15, 0.2) is 0 Å². The first-order valence-electron chi connectivity index (χ1n) is 9.52. The van der Waals surface area contributed by atoms with Gasteiger partial charge < -0.3 is 19.8 Å².